The van der Waals surface area contributed by atoms with Crippen LogP contribution < -0.4 is 4.90 Å². The van der Waals surface area contributed by atoms with Crippen LogP contribution >= 0.6 is 11.6 Å². The zero-order valence-electron chi connectivity index (χ0n) is 12.9. The van der Waals surface area contributed by atoms with Crippen LogP contribution in [0.15, 0.2) is 48.5 Å². The number of fused-ring (bicyclic) bond motifs is 2. The van der Waals surface area contributed by atoms with E-state index in [1.54, 1.807) is 18.2 Å². The lowest BCUT2D eigenvalue weighted by Gasteiger charge is -2.17. The summed E-state index contributed by atoms with van der Waals surface area (Å²) in [4.78, 5) is 31.5. The molecule has 5 heteroatoms. The number of benzene rings is 2. The van der Waals surface area contributed by atoms with E-state index >= 15 is 0 Å². The molecule has 0 radical (unpaired) electrons. The van der Waals surface area contributed by atoms with Crippen molar-refractivity contribution in [1.29, 1.82) is 0 Å². The second-order valence-corrected chi connectivity index (χ2v) is 5.99. The molecule has 0 N–H and O–H groups in total. The fourth-order valence-electron chi connectivity index (χ4n) is 3.14. The third kappa shape index (κ3) is 2.03. The maximum absolute atomic E-state index is 12.9. The van der Waals surface area contributed by atoms with E-state index in [0.717, 1.165) is 10.9 Å². The van der Waals surface area contributed by atoms with Crippen molar-refractivity contribution in [1.82, 2.24) is 4.98 Å². The molecule has 0 saturated heterocycles. The summed E-state index contributed by atoms with van der Waals surface area (Å²) in [5, 5.41) is 0.749. The highest BCUT2D eigenvalue weighted by molar-refractivity contribution is 6.36. The van der Waals surface area contributed by atoms with Gasteiger partial charge in [0.15, 0.2) is 0 Å². The fraction of sp³-hybridized carbons (Fsp3) is 0.105. The molecule has 4 rings (SSSR count). The van der Waals surface area contributed by atoms with Gasteiger partial charge in [-0.1, -0.05) is 30.3 Å². The number of aromatic nitrogens is 1. The van der Waals surface area contributed by atoms with E-state index in [9.17, 15) is 9.59 Å². The van der Waals surface area contributed by atoms with Crippen LogP contribution in [0.3, 0.4) is 0 Å². The molecule has 0 bridgehead atoms. The SMILES string of the molecule is Cc1cccc2c1C(=O)N(c1cc(CCl)nc3ccccc13)C2=O. The summed E-state index contributed by atoms with van der Waals surface area (Å²) < 4.78 is 0. The molecule has 118 valence electrons. The molecule has 2 amide bonds. The number of carbonyl (C=O) groups excluding carboxylic acids is 2. The summed E-state index contributed by atoms with van der Waals surface area (Å²) in [5.41, 5.74) is 3.56. The molecule has 2 heterocycles. The molecule has 0 atom stereocenters. The summed E-state index contributed by atoms with van der Waals surface area (Å²) in [7, 11) is 0. The van der Waals surface area contributed by atoms with Crippen molar-refractivity contribution in [3.8, 4) is 0 Å². The molecule has 4 nitrogen and oxygen atoms in total. The number of para-hydroxylation sites is 1. The minimum Gasteiger partial charge on any atom is -0.268 e. The maximum atomic E-state index is 12.9. The smallest absolute Gasteiger partial charge is 0.266 e. The van der Waals surface area contributed by atoms with Crippen LogP contribution in [0.25, 0.3) is 10.9 Å². The third-order valence-corrected chi connectivity index (χ3v) is 4.52. The number of hydrogen-bond acceptors (Lipinski definition) is 3. The first-order chi connectivity index (χ1) is 11.6. The van der Waals surface area contributed by atoms with Crippen LogP contribution in [0, 0.1) is 6.92 Å². The monoisotopic (exact) mass is 336 g/mol. The molecule has 24 heavy (non-hydrogen) atoms. The van der Waals surface area contributed by atoms with E-state index < -0.39 is 0 Å². The number of aryl methyl sites for hydroxylation is 1. The number of nitrogens with zero attached hydrogens (tertiary/aromatic N) is 2. The first kappa shape index (κ1) is 14.8. The Morgan fingerprint density at radius 2 is 1.83 bits per heavy atom. The molecule has 1 aromatic heterocycles. The van der Waals surface area contributed by atoms with E-state index in [4.69, 9.17) is 11.6 Å². The van der Waals surface area contributed by atoms with Gasteiger partial charge in [-0.15, -0.1) is 11.6 Å². The lowest BCUT2D eigenvalue weighted by Crippen LogP contribution is -2.30. The molecule has 3 aromatic rings. The summed E-state index contributed by atoms with van der Waals surface area (Å²) >= 11 is 5.94. The van der Waals surface area contributed by atoms with Gasteiger partial charge in [-0.3, -0.25) is 14.6 Å². The fourth-order valence-corrected chi connectivity index (χ4v) is 3.27. The van der Waals surface area contributed by atoms with E-state index in [1.165, 1.54) is 4.90 Å². The minimum absolute atomic E-state index is 0.208. The number of imide groups is 1. The molecular weight excluding hydrogens is 324 g/mol. The summed E-state index contributed by atoms with van der Waals surface area (Å²) in [6, 6.07) is 14.5. The predicted octanol–water partition coefficient (Wildman–Crippen LogP) is 4.08. The molecule has 0 aliphatic carbocycles. The van der Waals surface area contributed by atoms with Gasteiger partial charge >= 0.3 is 0 Å². The molecule has 2 aromatic carbocycles. The van der Waals surface area contributed by atoms with Crippen LogP contribution in [0.5, 0.6) is 0 Å². The number of rotatable bonds is 2. The van der Waals surface area contributed by atoms with Gasteiger partial charge in [-0.25, -0.2) is 4.90 Å². The highest BCUT2D eigenvalue weighted by Crippen LogP contribution is 2.34. The van der Waals surface area contributed by atoms with Gasteiger partial charge in [-0.2, -0.15) is 0 Å². The van der Waals surface area contributed by atoms with Gasteiger partial charge in [0, 0.05) is 5.39 Å². The van der Waals surface area contributed by atoms with E-state index in [1.807, 2.05) is 37.3 Å². The van der Waals surface area contributed by atoms with E-state index in [-0.39, 0.29) is 17.7 Å². The minimum atomic E-state index is -0.310. The van der Waals surface area contributed by atoms with Gasteiger partial charge in [0.1, 0.15) is 0 Å². The highest BCUT2D eigenvalue weighted by Gasteiger charge is 2.38. The van der Waals surface area contributed by atoms with E-state index in [0.29, 0.717) is 28.0 Å². The second-order valence-electron chi connectivity index (χ2n) is 5.73. The molecule has 0 unspecified atom stereocenters. The predicted molar refractivity (Wildman–Crippen MR) is 93.6 cm³/mol. The van der Waals surface area contributed by atoms with Gasteiger partial charge in [0.2, 0.25) is 0 Å². The zero-order valence-corrected chi connectivity index (χ0v) is 13.7. The number of pyridine rings is 1. The Balaban J connectivity index is 1.98. The summed E-state index contributed by atoms with van der Waals surface area (Å²) in [6.07, 6.45) is 0. The Bertz CT molecular complexity index is 1010. The number of hydrogen-bond donors (Lipinski definition) is 0. The Morgan fingerprint density at radius 3 is 2.58 bits per heavy atom. The van der Waals surface area contributed by atoms with Crippen molar-refractivity contribution in [3.63, 3.8) is 0 Å². The Labute approximate surface area is 143 Å². The molecule has 0 saturated carbocycles. The molecule has 1 aliphatic heterocycles. The normalized spacial score (nSPS) is 13.7. The highest BCUT2D eigenvalue weighted by atomic mass is 35.5. The van der Waals surface area contributed by atoms with Gasteiger partial charge in [0.25, 0.3) is 11.8 Å². The van der Waals surface area contributed by atoms with Gasteiger partial charge in [0.05, 0.1) is 33.9 Å². The standard InChI is InChI=1S/C19H13ClN2O2/c1-11-5-4-7-14-17(11)19(24)22(18(14)23)16-9-12(10-20)21-15-8-3-2-6-13(15)16/h2-9H,10H2,1H3. The average molecular weight is 337 g/mol. The maximum Gasteiger partial charge on any atom is 0.266 e. The second kappa shape index (κ2) is 5.42. The van der Waals surface area contributed by atoms with Crippen molar-refractivity contribution in [2.75, 3.05) is 4.90 Å². The Hall–Kier alpha value is -2.72. The van der Waals surface area contributed by atoms with Gasteiger partial charge in [-0.05, 0) is 30.7 Å². The summed E-state index contributed by atoms with van der Waals surface area (Å²) in [5.74, 6) is -0.402. The number of amides is 2. The average Bonchev–Trinajstić information content (AvgIpc) is 2.86. The van der Waals surface area contributed by atoms with Crippen LogP contribution in [0.2, 0.25) is 0 Å². The van der Waals surface area contributed by atoms with Crippen LogP contribution in [-0.2, 0) is 5.88 Å². The lowest BCUT2D eigenvalue weighted by atomic mass is 10.0. The van der Waals surface area contributed by atoms with Crippen molar-refractivity contribution >= 4 is 40.0 Å². The Kier molecular flexibility index (Phi) is 3.36. The first-order valence-electron chi connectivity index (χ1n) is 7.55. The Morgan fingerprint density at radius 1 is 1.04 bits per heavy atom. The zero-order chi connectivity index (χ0) is 16.8. The molecule has 1 aliphatic rings. The lowest BCUT2D eigenvalue weighted by molar-refractivity contribution is 0.0926. The van der Waals surface area contributed by atoms with Crippen molar-refractivity contribution in [2.45, 2.75) is 12.8 Å². The van der Waals surface area contributed by atoms with Gasteiger partial charge < -0.3 is 0 Å². The topological polar surface area (TPSA) is 50.3 Å². The largest absolute Gasteiger partial charge is 0.268 e. The number of anilines is 1. The van der Waals surface area contributed by atoms with Crippen LogP contribution in [-0.4, -0.2) is 16.8 Å². The van der Waals surface area contributed by atoms with Crippen LogP contribution in [0.4, 0.5) is 5.69 Å². The summed E-state index contributed by atoms with van der Waals surface area (Å²) in [6.45, 7) is 1.84. The molecule has 0 spiro atoms. The number of carbonyl (C=O) groups is 2. The molecular formula is C19H13ClN2O2. The van der Waals surface area contributed by atoms with Crippen molar-refractivity contribution < 1.29 is 9.59 Å². The number of halogens is 1. The van der Waals surface area contributed by atoms with Crippen LogP contribution in [0.1, 0.15) is 32.0 Å². The molecule has 0 fully saturated rings. The quantitative estimate of drug-likeness (QED) is 0.523. The van der Waals surface area contributed by atoms with Crippen molar-refractivity contribution in [2.24, 2.45) is 0 Å². The van der Waals surface area contributed by atoms with Crippen molar-refractivity contribution in [3.05, 3.63) is 70.9 Å². The number of alkyl halides is 1. The third-order valence-electron chi connectivity index (χ3n) is 4.25. The van der Waals surface area contributed by atoms with E-state index in [2.05, 4.69) is 4.98 Å². The first-order valence-corrected chi connectivity index (χ1v) is 8.08.